The highest BCUT2D eigenvalue weighted by Gasteiger charge is 2.35. The molecule has 6 nitrogen and oxygen atoms in total. The number of benzene rings is 1. The number of phenolic OH excluding ortho intramolecular Hbond substituents is 1. The molecule has 1 aliphatic rings. The third-order valence-corrected chi connectivity index (χ3v) is 4.39. The van der Waals surface area contributed by atoms with Crippen LogP contribution >= 0.6 is 15.9 Å². The van der Waals surface area contributed by atoms with Crippen LogP contribution in [-0.2, 0) is 0 Å². The van der Waals surface area contributed by atoms with Gasteiger partial charge in [-0.25, -0.2) is 5.01 Å². The zero-order chi connectivity index (χ0) is 17.4. The number of carbonyl (C=O) groups is 1. The molecule has 7 heteroatoms. The van der Waals surface area contributed by atoms with Crippen molar-refractivity contribution in [3.8, 4) is 5.75 Å². The van der Waals surface area contributed by atoms with Crippen LogP contribution in [0.25, 0.3) is 0 Å². The van der Waals surface area contributed by atoms with E-state index >= 15 is 0 Å². The molecular weight excluding hydrogens is 388 g/mol. The first kappa shape index (κ1) is 15.7. The van der Waals surface area contributed by atoms with Crippen LogP contribution in [0.15, 0.2) is 73.4 Å². The molecule has 1 atom stereocenters. The highest BCUT2D eigenvalue weighted by atomic mass is 79.9. The van der Waals surface area contributed by atoms with Crippen molar-refractivity contribution in [2.75, 3.05) is 0 Å². The van der Waals surface area contributed by atoms with Crippen LogP contribution in [0.4, 0.5) is 0 Å². The van der Waals surface area contributed by atoms with E-state index in [0.717, 1.165) is 5.56 Å². The van der Waals surface area contributed by atoms with Gasteiger partial charge in [-0.15, -0.1) is 0 Å². The number of nitrogens with zero attached hydrogens (tertiary/aromatic N) is 2. The topological polar surface area (TPSA) is 79.2 Å². The van der Waals surface area contributed by atoms with E-state index in [1.807, 2.05) is 6.07 Å². The second-order valence-electron chi connectivity index (χ2n) is 5.59. The van der Waals surface area contributed by atoms with Crippen molar-refractivity contribution < 1.29 is 18.7 Å². The lowest BCUT2D eigenvalue weighted by Gasteiger charge is -2.21. The van der Waals surface area contributed by atoms with Gasteiger partial charge in [-0.05, 0) is 57.9 Å². The van der Waals surface area contributed by atoms with Gasteiger partial charge in [0.1, 0.15) is 17.2 Å². The van der Waals surface area contributed by atoms with Crippen molar-refractivity contribution in [3.05, 3.63) is 76.5 Å². The summed E-state index contributed by atoms with van der Waals surface area (Å²) >= 11 is 3.20. The fourth-order valence-electron chi connectivity index (χ4n) is 2.82. The minimum Gasteiger partial charge on any atom is -0.508 e. The van der Waals surface area contributed by atoms with Crippen LogP contribution < -0.4 is 0 Å². The van der Waals surface area contributed by atoms with Crippen molar-refractivity contribution >= 4 is 27.5 Å². The largest absolute Gasteiger partial charge is 0.508 e. The van der Waals surface area contributed by atoms with Gasteiger partial charge in [-0.2, -0.15) is 5.10 Å². The lowest BCUT2D eigenvalue weighted by atomic mass is 10.0. The summed E-state index contributed by atoms with van der Waals surface area (Å²) in [4.78, 5) is 12.9. The third-order valence-electron chi connectivity index (χ3n) is 3.96. The number of hydrazone groups is 1. The van der Waals surface area contributed by atoms with Crippen molar-refractivity contribution in [2.45, 2.75) is 12.5 Å². The molecule has 2 aromatic heterocycles. The molecule has 0 unspecified atom stereocenters. The maximum Gasteiger partial charge on any atom is 0.310 e. The van der Waals surface area contributed by atoms with Gasteiger partial charge in [-0.3, -0.25) is 4.79 Å². The Morgan fingerprint density at radius 2 is 2.12 bits per heavy atom. The number of halogens is 1. The molecule has 1 aliphatic heterocycles. The van der Waals surface area contributed by atoms with Gasteiger partial charge in [0.15, 0.2) is 10.4 Å². The maximum atomic E-state index is 12.9. The molecule has 1 N–H and O–H groups in total. The summed E-state index contributed by atoms with van der Waals surface area (Å²) in [7, 11) is 0. The van der Waals surface area contributed by atoms with Gasteiger partial charge < -0.3 is 13.9 Å². The zero-order valence-corrected chi connectivity index (χ0v) is 14.5. The smallest absolute Gasteiger partial charge is 0.310 e. The summed E-state index contributed by atoms with van der Waals surface area (Å²) in [5.41, 5.74) is 1.45. The summed E-state index contributed by atoms with van der Waals surface area (Å²) in [6, 6.07) is 13.3. The second-order valence-corrected chi connectivity index (χ2v) is 6.37. The Hall–Kier alpha value is -2.80. The molecule has 4 rings (SSSR count). The Balaban J connectivity index is 1.73. The van der Waals surface area contributed by atoms with E-state index < -0.39 is 0 Å². The zero-order valence-electron chi connectivity index (χ0n) is 12.9. The number of aromatic hydroxyl groups is 1. The molecule has 3 heterocycles. The minimum atomic E-state index is -0.361. The Labute approximate surface area is 151 Å². The molecule has 25 heavy (non-hydrogen) atoms. The van der Waals surface area contributed by atoms with Gasteiger partial charge in [0.05, 0.1) is 12.3 Å². The van der Waals surface area contributed by atoms with Gasteiger partial charge in [0.2, 0.25) is 0 Å². The standard InChI is InChI=1S/C18H13BrN2O4/c19-17-7-6-16(25-17)18(23)21-14(11-3-1-4-12(22)9-11)10-13(20-21)15-5-2-8-24-15/h1-9,14,22H,10H2/t14-/m0/s1. The van der Waals surface area contributed by atoms with Gasteiger partial charge in [0.25, 0.3) is 0 Å². The van der Waals surface area contributed by atoms with Crippen LogP contribution in [-0.4, -0.2) is 21.7 Å². The normalized spacial score (nSPS) is 16.9. The molecule has 0 radical (unpaired) electrons. The van der Waals surface area contributed by atoms with Crippen LogP contribution in [0.2, 0.25) is 0 Å². The monoisotopic (exact) mass is 400 g/mol. The molecule has 1 amide bonds. The van der Waals surface area contributed by atoms with E-state index in [4.69, 9.17) is 8.83 Å². The van der Waals surface area contributed by atoms with E-state index in [0.29, 0.717) is 22.6 Å². The van der Waals surface area contributed by atoms with Crippen LogP contribution in [0.5, 0.6) is 5.75 Å². The van der Waals surface area contributed by atoms with Crippen LogP contribution in [0, 0.1) is 0 Å². The lowest BCUT2D eigenvalue weighted by Crippen LogP contribution is -2.26. The molecule has 0 saturated carbocycles. The Kier molecular flexibility index (Phi) is 3.93. The van der Waals surface area contributed by atoms with E-state index in [2.05, 4.69) is 21.0 Å². The Morgan fingerprint density at radius 3 is 2.80 bits per heavy atom. The first-order valence-corrected chi connectivity index (χ1v) is 8.40. The van der Waals surface area contributed by atoms with E-state index in [-0.39, 0.29) is 23.5 Å². The van der Waals surface area contributed by atoms with Crippen molar-refractivity contribution in [1.82, 2.24) is 5.01 Å². The number of furan rings is 2. The lowest BCUT2D eigenvalue weighted by molar-refractivity contribution is 0.0677. The molecule has 0 fully saturated rings. The predicted molar refractivity (Wildman–Crippen MR) is 93.3 cm³/mol. The summed E-state index contributed by atoms with van der Waals surface area (Å²) in [5.74, 6) is 0.570. The van der Waals surface area contributed by atoms with Crippen LogP contribution in [0.1, 0.15) is 34.3 Å². The summed E-state index contributed by atoms with van der Waals surface area (Å²) in [6.45, 7) is 0. The van der Waals surface area contributed by atoms with Crippen LogP contribution in [0.3, 0.4) is 0 Å². The summed E-state index contributed by atoms with van der Waals surface area (Å²) in [6.07, 6.45) is 2.04. The molecule has 0 spiro atoms. The van der Waals surface area contributed by atoms with E-state index in [9.17, 15) is 9.90 Å². The molecule has 1 aromatic carbocycles. The average molecular weight is 401 g/mol. The highest BCUT2D eigenvalue weighted by Crippen LogP contribution is 2.35. The number of amides is 1. The molecule has 0 saturated heterocycles. The average Bonchev–Trinajstić information content (AvgIpc) is 3.34. The summed E-state index contributed by atoms with van der Waals surface area (Å²) in [5, 5.41) is 15.6. The number of carbonyl (C=O) groups excluding carboxylic acids is 1. The molecule has 0 aliphatic carbocycles. The Morgan fingerprint density at radius 1 is 1.24 bits per heavy atom. The molecular formula is C18H13BrN2O4. The number of hydrogen-bond acceptors (Lipinski definition) is 5. The minimum absolute atomic E-state index is 0.136. The van der Waals surface area contributed by atoms with Crippen molar-refractivity contribution in [2.24, 2.45) is 5.10 Å². The SMILES string of the molecule is O=C(c1ccc(Br)o1)N1N=C(c2ccco2)C[C@H]1c1cccc(O)c1. The number of hydrogen-bond donors (Lipinski definition) is 1. The van der Waals surface area contributed by atoms with Crippen molar-refractivity contribution in [3.63, 3.8) is 0 Å². The Bertz CT molecular complexity index is 946. The second kappa shape index (κ2) is 6.25. The number of rotatable bonds is 3. The predicted octanol–water partition coefficient (Wildman–Crippen LogP) is 4.33. The maximum absolute atomic E-state index is 12.9. The molecule has 0 bridgehead atoms. The first-order valence-electron chi connectivity index (χ1n) is 7.61. The van der Waals surface area contributed by atoms with Crippen molar-refractivity contribution in [1.29, 1.82) is 0 Å². The van der Waals surface area contributed by atoms with Gasteiger partial charge in [0, 0.05) is 6.42 Å². The molecule has 126 valence electrons. The number of phenols is 1. The quantitative estimate of drug-likeness (QED) is 0.709. The fourth-order valence-corrected chi connectivity index (χ4v) is 3.13. The summed E-state index contributed by atoms with van der Waals surface area (Å²) < 4.78 is 11.3. The van der Waals surface area contributed by atoms with Gasteiger partial charge >= 0.3 is 5.91 Å². The third kappa shape index (κ3) is 2.98. The fraction of sp³-hybridized carbons (Fsp3) is 0.111. The van der Waals surface area contributed by atoms with E-state index in [1.165, 1.54) is 5.01 Å². The first-order chi connectivity index (χ1) is 12.1. The van der Waals surface area contributed by atoms with Gasteiger partial charge in [-0.1, -0.05) is 12.1 Å². The highest BCUT2D eigenvalue weighted by molar-refractivity contribution is 9.10. The molecule has 3 aromatic rings. The van der Waals surface area contributed by atoms with E-state index in [1.54, 1.807) is 48.7 Å².